The summed E-state index contributed by atoms with van der Waals surface area (Å²) < 4.78 is 61.8. The maximum Gasteiger partial charge on any atom is 0.265 e. The van der Waals surface area contributed by atoms with Crippen molar-refractivity contribution in [2.75, 3.05) is 7.11 Å². The molecule has 170 valence electrons. The van der Waals surface area contributed by atoms with Crippen LogP contribution in [0.25, 0.3) is 22.3 Å². The first-order valence-electron chi connectivity index (χ1n) is 9.45. The Labute approximate surface area is 189 Å². The molecule has 11 heteroatoms. The Morgan fingerprint density at radius 2 is 1.64 bits per heavy atom. The lowest BCUT2D eigenvalue weighted by Gasteiger charge is -2.10. The minimum Gasteiger partial charge on any atom is -0.497 e. The minimum atomic E-state index is -4.52. The van der Waals surface area contributed by atoms with Crippen LogP contribution in [0.5, 0.6) is 5.75 Å². The fourth-order valence-electron chi connectivity index (χ4n) is 3.25. The largest absolute Gasteiger partial charge is 0.497 e. The predicted octanol–water partition coefficient (Wildman–Crippen LogP) is 2.87. The Bertz CT molecular complexity index is 1590. The molecular formula is C22H18N2O7S2. The standard InChI is InChI=1S/C22H18N2O7S2/c1-30-17-6-4-5-14(12-17)19-13-16-11-15(9-10-18(16)31-19)22(25)24-33(28,29)21-8-3-2-7-20(21)32(23,26)27/h2-13H,1H3,(H,24,25)(H2,23,26,27). The van der Waals surface area contributed by atoms with Crippen molar-refractivity contribution in [3.63, 3.8) is 0 Å². The van der Waals surface area contributed by atoms with E-state index in [0.29, 0.717) is 22.5 Å². The van der Waals surface area contributed by atoms with Crippen molar-refractivity contribution in [3.8, 4) is 17.1 Å². The second-order valence-electron chi connectivity index (χ2n) is 7.02. The van der Waals surface area contributed by atoms with Crippen LogP contribution >= 0.6 is 0 Å². The molecule has 3 N–H and O–H groups in total. The van der Waals surface area contributed by atoms with Gasteiger partial charge < -0.3 is 9.15 Å². The van der Waals surface area contributed by atoms with Crippen LogP contribution in [-0.4, -0.2) is 29.9 Å². The van der Waals surface area contributed by atoms with E-state index in [1.807, 2.05) is 16.9 Å². The molecular weight excluding hydrogens is 468 g/mol. The molecule has 1 amide bonds. The fraction of sp³-hybridized carbons (Fsp3) is 0.0455. The molecule has 0 unspecified atom stereocenters. The van der Waals surface area contributed by atoms with E-state index in [2.05, 4.69) is 0 Å². The molecule has 0 saturated carbocycles. The van der Waals surface area contributed by atoms with Crippen LogP contribution < -0.4 is 14.6 Å². The lowest BCUT2D eigenvalue weighted by molar-refractivity contribution is 0.0981. The maximum absolute atomic E-state index is 12.7. The van der Waals surface area contributed by atoms with Gasteiger partial charge in [-0.3, -0.25) is 4.79 Å². The molecule has 1 aromatic heterocycles. The van der Waals surface area contributed by atoms with E-state index in [4.69, 9.17) is 14.3 Å². The van der Waals surface area contributed by atoms with Gasteiger partial charge in [0.1, 0.15) is 26.9 Å². The van der Waals surface area contributed by atoms with Gasteiger partial charge in [-0.25, -0.2) is 26.7 Å². The van der Waals surface area contributed by atoms with E-state index in [0.717, 1.165) is 17.7 Å². The van der Waals surface area contributed by atoms with Crippen LogP contribution in [0.1, 0.15) is 10.4 Å². The van der Waals surface area contributed by atoms with Crippen molar-refractivity contribution in [1.82, 2.24) is 4.72 Å². The average molecular weight is 487 g/mol. The number of nitrogens with two attached hydrogens (primary N) is 1. The summed E-state index contributed by atoms with van der Waals surface area (Å²) in [6.07, 6.45) is 0. The second kappa shape index (κ2) is 8.35. The predicted molar refractivity (Wildman–Crippen MR) is 121 cm³/mol. The van der Waals surface area contributed by atoms with Gasteiger partial charge in [0, 0.05) is 16.5 Å². The topological polar surface area (TPSA) is 146 Å². The fourth-order valence-corrected chi connectivity index (χ4v) is 5.60. The smallest absolute Gasteiger partial charge is 0.265 e. The number of methoxy groups -OCH3 is 1. The van der Waals surface area contributed by atoms with Crippen molar-refractivity contribution < 1.29 is 30.8 Å². The minimum absolute atomic E-state index is 0.0390. The van der Waals surface area contributed by atoms with E-state index >= 15 is 0 Å². The number of hydrogen-bond donors (Lipinski definition) is 2. The first-order valence-corrected chi connectivity index (χ1v) is 12.5. The van der Waals surface area contributed by atoms with Gasteiger partial charge >= 0.3 is 0 Å². The van der Waals surface area contributed by atoms with Gasteiger partial charge in [-0.1, -0.05) is 24.3 Å². The SMILES string of the molecule is COc1cccc(-c2cc3cc(C(=O)NS(=O)(=O)c4ccccc4S(N)(=O)=O)ccc3o2)c1. The van der Waals surface area contributed by atoms with E-state index in [9.17, 15) is 21.6 Å². The summed E-state index contributed by atoms with van der Waals surface area (Å²) in [5.41, 5.74) is 1.29. The number of rotatable bonds is 6. The Morgan fingerprint density at radius 3 is 2.33 bits per heavy atom. The number of fused-ring (bicyclic) bond motifs is 1. The summed E-state index contributed by atoms with van der Waals surface area (Å²) in [6, 6.07) is 18.1. The highest BCUT2D eigenvalue weighted by Gasteiger charge is 2.26. The molecule has 0 atom stereocenters. The van der Waals surface area contributed by atoms with Gasteiger partial charge in [-0.15, -0.1) is 0 Å². The molecule has 0 radical (unpaired) electrons. The molecule has 3 aromatic carbocycles. The molecule has 0 aliphatic carbocycles. The number of carbonyl (C=O) groups is 1. The Balaban J connectivity index is 1.65. The molecule has 0 bridgehead atoms. The monoisotopic (exact) mass is 486 g/mol. The summed E-state index contributed by atoms with van der Waals surface area (Å²) in [4.78, 5) is 11.4. The zero-order valence-corrected chi connectivity index (χ0v) is 18.8. The van der Waals surface area contributed by atoms with E-state index in [1.54, 1.807) is 31.4 Å². The molecule has 9 nitrogen and oxygen atoms in total. The third-order valence-electron chi connectivity index (χ3n) is 4.81. The van der Waals surface area contributed by atoms with E-state index in [-0.39, 0.29) is 5.56 Å². The molecule has 0 spiro atoms. The Kier molecular flexibility index (Phi) is 5.70. The van der Waals surface area contributed by atoms with Crippen molar-refractivity contribution in [3.05, 3.63) is 78.4 Å². The van der Waals surface area contributed by atoms with Crippen molar-refractivity contribution >= 4 is 36.9 Å². The molecule has 1 heterocycles. The van der Waals surface area contributed by atoms with Crippen LogP contribution in [0, 0.1) is 0 Å². The highest BCUT2D eigenvalue weighted by Crippen LogP contribution is 2.30. The van der Waals surface area contributed by atoms with Crippen LogP contribution in [0.3, 0.4) is 0 Å². The maximum atomic E-state index is 12.7. The highest BCUT2D eigenvalue weighted by atomic mass is 32.2. The van der Waals surface area contributed by atoms with E-state index in [1.165, 1.54) is 24.3 Å². The molecule has 4 aromatic rings. The molecule has 0 saturated heterocycles. The summed E-state index contributed by atoms with van der Waals surface area (Å²) >= 11 is 0. The zero-order chi connectivity index (χ0) is 23.8. The zero-order valence-electron chi connectivity index (χ0n) is 17.2. The second-order valence-corrected chi connectivity index (χ2v) is 10.2. The third kappa shape index (κ3) is 4.60. The van der Waals surface area contributed by atoms with Gasteiger partial charge in [0.05, 0.1) is 7.11 Å². The number of carbonyl (C=O) groups excluding carboxylic acids is 1. The highest BCUT2D eigenvalue weighted by molar-refractivity contribution is 7.92. The Morgan fingerprint density at radius 1 is 0.909 bits per heavy atom. The number of nitrogens with one attached hydrogen (secondary N) is 1. The number of hydrogen-bond acceptors (Lipinski definition) is 7. The molecule has 0 aliphatic rings. The lowest BCUT2D eigenvalue weighted by Crippen LogP contribution is -2.32. The molecule has 33 heavy (non-hydrogen) atoms. The van der Waals surface area contributed by atoms with Gasteiger partial charge in [0.2, 0.25) is 10.0 Å². The normalized spacial score (nSPS) is 11.9. The summed E-state index contributed by atoms with van der Waals surface area (Å²) in [5.74, 6) is 0.249. The van der Waals surface area contributed by atoms with Crippen LogP contribution in [0.4, 0.5) is 0 Å². The number of primary sulfonamides is 1. The van der Waals surface area contributed by atoms with Crippen LogP contribution in [0.15, 0.2) is 87.0 Å². The van der Waals surface area contributed by atoms with Gasteiger partial charge in [-0.2, -0.15) is 0 Å². The molecule has 0 aliphatic heterocycles. The average Bonchev–Trinajstić information content (AvgIpc) is 3.22. The summed E-state index contributed by atoms with van der Waals surface area (Å²) in [6.45, 7) is 0. The van der Waals surface area contributed by atoms with Crippen molar-refractivity contribution in [2.45, 2.75) is 9.79 Å². The number of furan rings is 1. The van der Waals surface area contributed by atoms with Gasteiger partial charge in [0.15, 0.2) is 0 Å². The molecule has 0 fully saturated rings. The number of amides is 1. The third-order valence-corrected chi connectivity index (χ3v) is 7.29. The number of benzene rings is 3. The molecule has 4 rings (SSSR count). The van der Waals surface area contributed by atoms with Crippen LogP contribution in [0.2, 0.25) is 0 Å². The van der Waals surface area contributed by atoms with E-state index < -0.39 is 35.7 Å². The lowest BCUT2D eigenvalue weighted by atomic mass is 10.1. The summed E-state index contributed by atoms with van der Waals surface area (Å²) in [7, 11) is -7.29. The summed E-state index contributed by atoms with van der Waals surface area (Å²) in [5, 5.41) is 5.68. The first kappa shape index (κ1) is 22.5. The number of sulfonamides is 2. The number of ether oxygens (including phenoxy) is 1. The van der Waals surface area contributed by atoms with Crippen LogP contribution in [-0.2, 0) is 20.0 Å². The van der Waals surface area contributed by atoms with Crippen molar-refractivity contribution in [1.29, 1.82) is 0 Å². The van der Waals surface area contributed by atoms with Gasteiger partial charge in [0.25, 0.3) is 15.9 Å². The van der Waals surface area contributed by atoms with Crippen molar-refractivity contribution in [2.24, 2.45) is 5.14 Å². The Hall–Kier alpha value is -3.67. The quantitative estimate of drug-likeness (QED) is 0.426. The first-order chi connectivity index (χ1) is 15.6. The van der Waals surface area contributed by atoms with Gasteiger partial charge in [-0.05, 0) is 48.5 Å².